The minimum atomic E-state index is -0.0535. The molecular formula is C19H28N2O3. The predicted octanol–water partition coefficient (Wildman–Crippen LogP) is 2.46. The van der Waals surface area contributed by atoms with Crippen LogP contribution in [0.3, 0.4) is 0 Å². The van der Waals surface area contributed by atoms with Crippen LogP contribution < -0.4 is 10.1 Å². The highest BCUT2D eigenvalue weighted by atomic mass is 16.5. The zero-order valence-corrected chi connectivity index (χ0v) is 14.5. The van der Waals surface area contributed by atoms with E-state index < -0.39 is 0 Å². The number of hydrogen-bond acceptors (Lipinski definition) is 4. The molecule has 24 heavy (non-hydrogen) atoms. The smallest absolute Gasteiger partial charge is 0.251 e. The van der Waals surface area contributed by atoms with E-state index in [-0.39, 0.29) is 12.0 Å². The number of benzene rings is 1. The molecule has 2 fully saturated rings. The number of fused-ring (bicyclic) bond motifs is 1. The quantitative estimate of drug-likeness (QED) is 0.779. The number of ether oxygens (including phenoxy) is 2. The van der Waals surface area contributed by atoms with E-state index in [0.717, 1.165) is 44.9 Å². The summed E-state index contributed by atoms with van der Waals surface area (Å²) >= 11 is 0. The monoisotopic (exact) mass is 332 g/mol. The molecule has 1 N–H and O–H groups in total. The van der Waals surface area contributed by atoms with Crippen LogP contribution in [0, 0.1) is 0 Å². The van der Waals surface area contributed by atoms with Crippen LogP contribution in [-0.4, -0.2) is 55.8 Å². The molecule has 0 bridgehead atoms. The van der Waals surface area contributed by atoms with E-state index in [1.807, 2.05) is 24.3 Å². The lowest BCUT2D eigenvalue weighted by Crippen LogP contribution is -2.50. The standard InChI is InChI=1S/C19H28N2O3/c1-2-3-11-23-17-8-6-15(7-9-17)19(22)20-12-18-13-21-10-4-5-16(21)14-24-18/h6-9,16,18H,2-5,10-14H2,1H3,(H,20,22)/t16-,18-/m0/s1. The Labute approximate surface area is 144 Å². The van der Waals surface area contributed by atoms with Crippen molar-refractivity contribution in [1.29, 1.82) is 0 Å². The number of nitrogens with one attached hydrogen (secondary N) is 1. The third-order valence-electron chi connectivity index (χ3n) is 4.83. The molecule has 0 aromatic heterocycles. The fourth-order valence-corrected chi connectivity index (χ4v) is 3.35. The van der Waals surface area contributed by atoms with Gasteiger partial charge >= 0.3 is 0 Å². The number of carbonyl (C=O) groups excluding carboxylic acids is 1. The van der Waals surface area contributed by atoms with Gasteiger partial charge < -0.3 is 14.8 Å². The number of unbranched alkanes of at least 4 members (excludes halogenated alkanes) is 1. The van der Waals surface area contributed by atoms with Crippen molar-refractivity contribution in [3.8, 4) is 5.75 Å². The molecule has 2 aliphatic rings. The highest BCUT2D eigenvalue weighted by Crippen LogP contribution is 2.22. The summed E-state index contributed by atoms with van der Waals surface area (Å²) in [5, 5.41) is 2.99. The molecule has 5 heteroatoms. The summed E-state index contributed by atoms with van der Waals surface area (Å²) in [5.74, 6) is 0.762. The predicted molar refractivity (Wildman–Crippen MR) is 93.5 cm³/mol. The van der Waals surface area contributed by atoms with Gasteiger partial charge in [-0.05, 0) is 50.1 Å². The van der Waals surface area contributed by atoms with Crippen LogP contribution >= 0.6 is 0 Å². The molecule has 0 radical (unpaired) electrons. The third-order valence-corrected chi connectivity index (χ3v) is 4.83. The van der Waals surface area contributed by atoms with Crippen molar-refractivity contribution in [3.63, 3.8) is 0 Å². The number of amides is 1. The van der Waals surface area contributed by atoms with Crippen molar-refractivity contribution in [2.75, 3.05) is 32.8 Å². The maximum atomic E-state index is 12.3. The number of rotatable bonds is 7. The molecule has 3 rings (SSSR count). The number of hydrogen-bond donors (Lipinski definition) is 1. The van der Waals surface area contributed by atoms with E-state index in [0.29, 0.717) is 18.2 Å². The van der Waals surface area contributed by atoms with E-state index in [1.165, 1.54) is 12.8 Å². The lowest BCUT2D eigenvalue weighted by Gasteiger charge is -2.35. The molecule has 1 amide bonds. The van der Waals surface area contributed by atoms with Crippen LogP contribution in [0.15, 0.2) is 24.3 Å². The van der Waals surface area contributed by atoms with Crippen molar-refractivity contribution >= 4 is 5.91 Å². The second-order valence-electron chi connectivity index (χ2n) is 6.68. The molecule has 2 saturated heterocycles. The van der Waals surface area contributed by atoms with Crippen molar-refractivity contribution in [2.24, 2.45) is 0 Å². The zero-order chi connectivity index (χ0) is 16.8. The van der Waals surface area contributed by atoms with Gasteiger partial charge in [-0.3, -0.25) is 9.69 Å². The Hall–Kier alpha value is -1.59. The third kappa shape index (κ3) is 4.48. The first-order chi connectivity index (χ1) is 11.8. The van der Waals surface area contributed by atoms with Gasteiger partial charge in [-0.15, -0.1) is 0 Å². The molecule has 2 aliphatic heterocycles. The van der Waals surface area contributed by atoms with Gasteiger partial charge in [-0.25, -0.2) is 0 Å². The zero-order valence-electron chi connectivity index (χ0n) is 14.5. The van der Waals surface area contributed by atoms with Gasteiger partial charge in [0.2, 0.25) is 0 Å². The summed E-state index contributed by atoms with van der Waals surface area (Å²) < 4.78 is 11.5. The molecule has 2 heterocycles. The molecule has 2 atom stereocenters. The average molecular weight is 332 g/mol. The number of morpholine rings is 1. The van der Waals surface area contributed by atoms with Gasteiger partial charge in [-0.2, -0.15) is 0 Å². The van der Waals surface area contributed by atoms with E-state index in [4.69, 9.17) is 9.47 Å². The maximum Gasteiger partial charge on any atom is 0.251 e. The Morgan fingerprint density at radius 3 is 3.00 bits per heavy atom. The van der Waals surface area contributed by atoms with E-state index in [1.54, 1.807) is 0 Å². The molecule has 0 aliphatic carbocycles. The van der Waals surface area contributed by atoms with Gasteiger partial charge in [0.15, 0.2) is 0 Å². The first kappa shape index (κ1) is 17.2. The number of nitrogens with zero attached hydrogens (tertiary/aromatic N) is 1. The molecule has 0 spiro atoms. The summed E-state index contributed by atoms with van der Waals surface area (Å²) in [6, 6.07) is 7.94. The summed E-state index contributed by atoms with van der Waals surface area (Å²) in [6.45, 7) is 6.31. The van der Waals surface area contributed by atoms with Crippen LogP contribution in [0.5, 0.6) is 5.75 Å². The summed E-state index contributed by atoms with van der Waals surface area (Å²) in [4.78, 5) is 14.8. The van der Waals surface area contributed by atoms with Crippen LogP contribution in [-0.2, 0) is 4.74 Å². The Kier molecular flexibility index (Phi) is 6.10. The topological polar surface area (TPSA) is 50.8 Å². The fourth-order valence-electron chi connectivity index (χ4n) is 3.35. The van der Waals surface area contributed by atoms with Crippen LogP contribution in [0.4, 0.5) is 0 Å². The summed E-state index contributed by atoms with van der Waals surface area (Å²) in [7, 11) is 0. The second kappa shape index (κ2) is 8.49. The van der Waals surface area contributed by atoms with Crippen LogP contribution in [0.2, 0.25) is 0 Å². The molecule has 0 unspecified atom stereocenters. The molecule has 5 nitrogen and oxygen atoms in total. The van der Waals surface area contributed by atoms with Gasteiger partial charge in [0.05, 0.1) is 19.3 Å². The summed E-state index contributed by atoms with van der Waals surface area (Å²) in [5.41, 5.74) is 0.660. The average Bonchev–Trinajstić information content (AvgIpc) is 3.08. The van der Waals surface area contributed by atoms with E-state index in [2.05, 4.69) is 17.1 Å². The van der Waals surface area contributed by atoms with Gasteiger partial charge in [-0.1, -0.05) is 13.3 Å². The Morgan fingerprint density at radius 1 is 1.38 bits per heavy atom. The van der Waals surface area contributed by atoms with Crippen LogP contribution in [0.25, 0.3) is 0 Å². The Balaban J connectivity index is 1.43. The van der Waals surface area contributed by atoms with Crippen molar-refractivity contribution < 1.29 is 14.3 Å². The fraction of sp³-hybridized carbons (Fsp3) is 0.632. The first-order valence-electron chi connectivity index (χ1n) is 9.13. The summed E-state index contributed by atoms with van der Waals surface area (Å²) in [6.07, 6.45) is 4.76. The second-order valence-corrected chi connectivity index (χ2v) is 6.68. The number of carbonyl (C=O) groups is 1. The van der Waals surface area contributed by atoms with E-state index in [9.17, 15) is 4.79 Å². The lowest BCUT2D eigenvalue weighted by atomic mass is 10.1. The van der Waals surface area contributed by atoms with E-state index >= 15 is 0 Å². The molecular weight excluding hydrogens is 304 g/mol. The SMILES string of the molecule is CCCCOc1ccc(C(=O)NC[C@H]2CN3CCC[C@H]3CO2)cc1. The Bertz CT molecular complexity index is 532. The molecule has 1 aromatic rings. The van der Waals surface area contributed by atoms with Crippen LogP contribution in [0.1, 0.15) is 43.0 Å². The van der Waals surface area contributed by atoms with Gasteiger partial charge in [0.1, 0.15) is 5.75 Å². The molecule has 132 valence electrons. The van der Waals surface area contributed by atoms with Crippen molar-refractivity contribution in [2.45, 2.75) is 44.8 Å². The molecule has 0 saturated carbocycles. The van der Waals surface area contributed by atoms with Gasteiger partial charge in [0.25, 0.3) is 5.91 Å². The lowest BCUT2D eigenvalue weighted by molar-refractivity contribution is -0.0461. The maximum absolute atomic E-state index is 12.3. The normalized spacial score (nSPS) is 23.7. The minimum Gasteiger partial charge on any atom is -0.494 e. The van der Waals surface area contributed by atoms with Gasteiger partial charge in [0, 0.05) is 24.7 Å². The highest BCUT2D eigenvalue weighted by Gasteiger charge is 2.32. The Morgan fingerprint density at radius 2 is 2.21 bits per heavy atom. The molecule has 1 aromatic carbocycles. The van der Waals surface area contributed by atoms with Crippen molar-refractivity contribution in [3.05, 3.63) is 29.8 Å². The largest absolute Gasteiger partial charge is 0.494 e. The van der Waals surface area contributed by atoms with Crippen molar-refractivity contribution in [1.82, 2.24) is 10.2 Å². The highest BCUT2D eigenvalue weighted by molar-refractivity contribution is 5.94. The first-order valence-corrected chi connectivity index (χ1v) is 9.13. The minimum absolute atomic E-state index is 0.0535.